The minimum absolute atomic E-state index is 0. The summed E-state index contributed by atoms with van der Waals surface area (Å²) in [7, 11) is 0. The van der Waals surface area contributed by atoms with Crippen LogP contribution in [0.25, 0.3) is 5.57 Å². The third kappa shape index (κ3) is 5.63. The van der Waals surface area contributed by atoms with E-state index < -0.39 is 18.0 Å². The quantitative estimate of drug-likeness (QED) is 0.590. The molecule has 3 rings (SSSR count). The van der Waals surface area contributed by atoms with Crippen LogP contribution in [0.3, 0.4) is 0 Å². The fourth-order valence-corrected chi connectivity index (χ4v) is 1.64. The molecule has 1 aliphatic carbocycles. The summed E-state index contributed by atoms with van der Waals surface area (Å²) in [5, 5.41) is 10.0. The van der Waals surface area contributed by atoms with Crippen LogP contribution in [-0.2, 0) is 20.1 Å². The zero-order valence-corrected chi connectivity index (χ0v) is 14.5. The number of allylic oxidation sites excluding steroid dienone is 3. The first kappa shape index (κ1) is 19.6. The zero-order chi connectivity index (χ0) is 16.7. The van der Waals surface area contributed by atoms with Crippen LogP contribution >= 0.6 is 0 Å². The van der Waals surface area contributed by atoms with Crippen molar-refractivity contribution >= 4 is 11.5 Å². The van der Waals surface area contributed by atoms with Gasteiger partial charge in [0, 0.05) is 38.6 Å². The molecule has 0 saturated heterocycles. The predicted molar refractivity (Wildman–Crippen MR) is 77.8 cm³/mol. The first-order valence-electron chi connectivity index (χ1n) is 6.48. The Kier molecular flexibility index (Phi) is 7.86. The third-order valence-corrected chi connectivity index (χ3v) is 2.65. The zero-order valence-electron chi connectivity index (χ0n) is 12.1. The van der Waals surface area contributed by atoms with Gasteiger partial charge in [-0.25, -0.2) is 8.78 Å². The van der Waals surface area contributed by atoms with E-state index in [0.29, 0.717) is 5.69 Å². The van der Waals surface area contributed by atoms with E-state index in [1.54, 1.807) is 36.5 Å². The largest absolute Gasteiger partial charge is 0.543 e. The van der Waals surface area contributed by atoms with Crippen LogP contribution in [0.2, 0.25) is 0 Å². The monoisotopic (exact) mass is 505 g/mol. The maximum atomic E-state index is 13.2. The third-order valence-electron chi connectivity index (χ3n) is 2.65. The van der Waals surface area contributed by atoms with Gasteiger partial charge in [-0.05, 0) is 30.3 Å². The van der Waals surface area contributed by atoms with E-state index in [1.165, 1.54) is 12.3 Å². The van der Waals surface area contributed by atoms with Gasteiger partial charge in [0.15, 0.2) is 0 Å². The van der Waals surface area contributed by atoms with Gasteiger partial charge in [0.2, 0.25) is 6.17 Å². The Labute approximate surface area is 150 Å². The molecule has 0 amide bonds. The molecule has 0 N–H and O–H groups in total. The number of aromatic nitrogens is 2. The second-order valence-electron chi connectivity index (χ2n) is 4.26. The Hall–Kier alpha value is -2.46. The number of carbonyl (C=O) groups is 1. The number of carboxylic acids is 1. The van der Waals surface area contributed by atoms with E-state index in [1.807, 2.05) is 0 Å². The fraction of sp³-hybridized carbons (Fsp3) is 0. The Bertz CT molecular complexity index is 774. The van der Waals surface area contributed by atoms with Gasteiger partial charge in [0.05, 0.1) is 22.9 Å². The van der Waals surface area contributed by atoms with Crippen molar-refractivity contribution in [2.45, 2.75) is 0 Å². The first-order valence-corrected chi connectivity index (χ1v) is 6.48. The molecule has 2 heterocycles. The topological polar surface area (TPSA) is 65.9 Å². The van der Waals surface area contributed by atoms with E-state index in [4.69, 9.17) is 0 Å². The van der Waals surface area contributed by atoms with Crippen molar-refractivity contribution in [3.05, 3.63) is 90.1 Å². The Morgan fingerprint density at radius 2 is 1.71 bits per heavy atom. The van der Waals surface area contributed by atoms with Crippen molar-refractivity contribution in [1.82, 2.24) is 9.97 Å². The second kappa shape index (κ2) is 9.63. The van der Waals surface area contributed by atoms with Gasteiger partial charge in [-0.2, -0.15) is 0 Å². The van der Waals surface area contributed by atoms with Crippen molar-refractivity contribution in [3.8, 4) is 0 Å². The number of pyridine rings is 2. The Balaban J connectivity index is 0.000000252. The summed E-state index contributed by atoms with van der Waals surface area (Å²) in [6, 6.07) is 9.73. The molecule has 0 bridgehead atoms. The molecule has 0 aromatic carbocycles. The maximum Gasteiger partial charge on any atom is 0.208 e. The molecule has 0 atom stereocenters. The molecule has 0 saturated carbocycles. The van der Waals surface area contributed by atoms with Gasteiger partial charge in [-0.3, -0.25) is 9.97 Å². The number of rotatable bonds is 2. The summed E-state index contributed by atoms with van der Waals surface area (Å²) < 4.78 is 25.8. The molecule has 2 aromatic heterocycles. The molecule has 24 heavy (non-hydrogen) atoms. The van der Waals surface area contributed by atoms with E-state index in [-0.39, 0.29) is 31.4 Å². The van der Waals surface area contributed by atoms with Crippen molar-refractivity contribution in [1.29, 1.82) is 0 Å². The van der Waals surface area contributed by atoms with Crippen molar-refractivity contribution in [2.24, 2.45) is 0 Å². The van der Waals surface area contributed by atoms with Crippen molar-refractivity contribution in [2.75, 3.05) is 0 Å². The molecule has 7 heteroatoms. The van der Waals surface area contributed by atoms with Crippen molar-refractivity contribution < 1.29 is 38.8 Å². The van der Waals surface area contributed by atoms with Gasteiger partial charge < -0.3 is 9.90 Å². The number of halogens is 2. The normalized spacial score (nSPS) is 12.9. The molecule has 4 nitrogen and oxygen atoms in total. The first-order chi connectivity index (χ1) is 11.1. The molecule has 0 spiro atoms. The molecule has 2 aromatic rings. The van der Waals surface area contributed by atoms with E-state index >= 15 is 0 Å². The number of carboxylic acid groups (broad SMARTS) is 1. The smallest absolute Gasteiger partial charge is 0.208 e. The van der Waals surface area contributed by atoms with E-state index in [0.717, 1.165) is 12.2 Å². The number of nitrogens with zero attached hydrogens (tertiary/aromatic N) is 2. The number of hydrogen-bond acceptors (Lipinski definition) is 4. The standard InChI is InChI=1S/C11H6F2N.C6H5NO2.Ir/c12-8-4-5-9(10(13)7-8)11-3-1-2-6-14-11;8-6(9)5-3-1-2-4-7-5;/h1-4,6-7H;1-4H,(H,8,9);/p-1. The molecular formula is C17H10F2IrN2O2-. The summed E-state index contributed by atoms with van der Waals surface area (Å²) in [6.45, 7) is 0. The number of carbonyl (C=O) groups excluding carboxylic acids is 1. The molecule has 0 aliphatic heterocycles. The Morgan fingerprint density at radius 1 is 1.04 bits per heavy atom. The van der Waals surface area contributed by atoms with Gasteiger partial charge in [-0.15, -0.1) is 5.73 Å². The summed E-state index contributed by atoms with van der Waals surface area (Å²) in [5.74, 6) is -1.88. The molecule has 124 valence electrons. The fourth-order valence-electron chi connectivity index (χ4n) is 1.64. The van der Waals surface area contributed by atoms with Crippen LogP contribution in [0.4, 0.5) is 8.78 Å². The average molecular weight is 504 g/mol. The van der Waals surface area contributed by atoms with E-state index in [9.17, 15) is 18.7 Å². The predicted octanol–water partition coefficient (Wildman–Crippen LogP) is 2.43. The minimum atomic E-state index is -1.24. The number of aromatic carboxylic acids is 1. The minimum Gasteiger partial charge on any atom is -0.543 e. The van der Waals surface area contributed by atoms with Crippen LogP contribution in [0.15, 0.2) is 72.5 Å². The molecule has 0 unspecified atom stereocenters. The molecular weight excluding hydrogens is 494 g/mol. The molecule has 0 fully saturated rings. The van der Waals surface area contributed by atoms with Gasteiger partial charge in [-0.1, -0.05) is 12.1 Å². The SMILES string of the molecule is F[C]1C=C(F)C=C=C1c1ccccn1.O=C([O-])c1ccccn1.[Ir]. The van der Waals surface area contributed by atoms with Crippen molar-refractivity contribution in [3.63, 3.8) is 0 Å². The number of hydrogen-bond donors (Lipinski definition) is 0. The van der Waals surface area contributed by atoms with Crippen LogP contribution in [-0.4, -0.2) is 15.9 Å². The van der Waals surface area contributed by atoms with Crippen LogP contribution < -0.4 is 5.11 Å². The van der Waals surface area contributed by atoms with Gasteiger partial charge >= 0.3 is 0 Å². The van der Waals surface area contributed by atoms with Gasteiger partial charge in [0.1, 0.15) is 5.83 Å². The average Bonchev–Trinajstić information content (AvgIpc) is 2.57. The molecule has 1 aliphatic rings. The summed E-state index contributed by atoms with van der Waals surface area (Å²) in [4.78, 5) is 17.5. The van der Waals surface area contributed by atoms with Crippen LogP contribution in [0.5, 0.6) is 0 Å². The van der Waals surface area contributed by atoms with Crippen LogP contribution in [0.1, 0.15) is 16.2 Å². The van der Waals surface area contributed by atoms with E-state index in [2.05, 4.69) is 15.7 Å². The Morgan fingerprint density at radius 3 is 2.17 bits per heavy atom. The maximum absolute atomic E-state index is 13.2. The summed E-state index contributed by atoms with van der Waals surface area (Å²) in [6.07, 6.45) is 4.22. The second-order valence-corrected chi connectivity index (χ2v) is 4.26. The summed E-state index contributed by atoms with van der Waals surface area (Å²) >= 11 is 0. The van der Waals surface area contributed by atoms with Crippen LogP contribution in [0, 0.1) is 6.17 Å². The van der Waals surface area contributed by atoms with Gasteiger partial charge in [0.25, 0.3) is 0 Å². The molecule has 2 radical (unpaired) electrons. The summed E-state index contributed by atoms with van der Waals surface area (Å²) in [5.41, 5.74) is 3.11.